The number of anilines is 1. The number of carbonyl (C=O) groups is 1. The summed E-state index contributed by atoms with van der Waals surface area (Å²) in [4.78, 5) is 17.7. The number of carbonyl (C=O) groups excluding carboxylic acids is 1. The summed E-state index contributed by atoms with van der Waals surface area (Å²) < 4.78 is 13.0. The lowest BCUT2D eigenvalue weighted by Crippen LogP contribution is -2.26. The molecule has 0 aliphatic rings. The minimum absolute atomic E-state index is 0.168. The predicted molar refractivity (Wildman–Crippen MR) is 68.1 cm³/mol. The third-order valence-electron chi connectivity index (χ3n) is 2.77. The van der Waals surface area contributed by atoms with Crippen molar-refractivity contribution in [3.8, 4) is 0 Å². The van der Waals surface area contributed by atoms with Crippen LogP contribution in [0, 0.1) is 12.7 Å². The summed E-state index contributed by atoms with van der Waals surface area (Å²) in [5.41, 5.74) is 1.87. The van der Waals surface area contributed by atoms with Gasteiger partial charge in [0, 0.05) is 30.7 Å². The van der Waals surface area contributed by atoms with Crippen LogP contribution in [0.4, 0.5) is 10.1 Å². The lowest BCUT2D eigenvalue weighted by Gasteiger charge is -2.18. The molecule has 1 heterocycles. The Kier molecular flexibility index (Phi) is 3.37. The van der Waals surface area contributed by atoms with Crippen LogP contribution in [0.15, 0.2) is 42.7 Å². The van der Waals surface area contributed by atoms with Gasteiger partial charge in [-0.3, -0.25) is 9.78 Å². The van der Waals surface area contributed by atoms with E-state index in [9.17, 15) is 9.18 Å². The zero-order chi connectivity index (χ0) is 13.1. The molecular weight excluding hydrogens is 231 g/mol. The van der Waals surface area contributed by atoms with Gasteiger partial charge in [-0.15, -0.1) is 0 Å². The maximum absolute atomic E-state index is 13.0. The third-order valence-corrected chi connectivity index (χ3v) is 2.77. The third kappa shape index (κ3) is 2.37. The normalized spacial score (nSPS) is 10.2. The first-order chi connectivity index (χ1) is 8.59. The molecule has 0 spiro atoms. The Morgan fingerprint density at radius 3 is 2.50 bits per heavy atom. The van der Waals surface area contributed by atoms with Gasteiger partial charge in [0.05, 0.1) is 0 Å². The topological polar surface area (TPSA) is 33.2 Å². The largest absolute Gasteiger partial charge is 0.311 e. The van der Waals surface area contributed by atoms with Crippen molar-refractivity contribution in [1.29, 1.82) is 0 Å². The molecule has 92 valence electrons. The lowest BCUT2D eigenvalue weighted by atomic mass is 10.1. The van der Waals surface area contributed by atoms with Gasteiger partial charge < -0.3 is 4.90 Å². The monoisotopic (exact) mass is 244 g/mol. The second kappa shape index (κ2) is 4.96. The molecule has 1 amide bonds. The molecule has 2 aromatic rings. The van der Waals surface area contributed by atoms with Gasteiger partial charge in [0.15, 0.2) is 0 Å². The SMILES string of the molecule is Cc1cc(F)ccc1C(=O)N(C)c1ccncc1. The van der Waals surface area contributed by atoms with E-state index in [2.05, 4.69) is 4.98 Å². The summed E-state index contributed by atoms with van der Waals surface area (Å²) in [6, 6.07) is 7.65. The molecule has 0 bridgehead atoms. The van der Waals surface area contributed by atoms with E-state index in [1.807, 2.05) is 0 Å². The molecule has 1 aromatic carbocycles. The van der Waals surface area contributed by atoms with Gasteiger partial charge in [-0.1, -0.05) is 0 Å². The summed E-state index contributed by atoms with van der Waals surface area (Å²) in [7, 11) is 1.68. The zero-order valence-corrected chi connectivity index (χ0v) is 10.2. The molecule has 0 aliphatic carbocycles. The van der Waals surface area contributed by atoms with E-state index in [0.29, 0.717) is 11.1 Å². The van der Waals surface area contributed by atoms with E-state index in [1.54, 1.807) is 38.5 Å². The van der Waals surface area contributed by atoms with Crippen LogP contribution in [0.1, 0.15) is 15.9 Å². The minimum Gasteiger partial charge on any atom is -0.311 e. The van der Waals surface area contributed by atoms with Crippen molar-refractivity contribution in [2.75, 3.05) is 11.9 Å². The molecule has 1 aromatic heterocycles. The van der Waals surface area contributed by atoms with Crippen LogP contribution in [0.5, 0.6) is 0 Å². The van der Waals surface area contributed by atoms with E-state index < -0.39 is 0 Å². The summed E-state index contributed by atoms with van der Waals surface area (Å²) in [5.74, 6) is -0.505. The van der Waals surface area contributed by atoms with E-state index in [4.69, 9.17) is 0 Å². The lowest BCUT2D eigenvalue weighted by molar-refractivity contribution is 0.0992. The summed E-state index contributed by atoms with van der Waals surface area (Å²) in [6.07, 6.45) is 3.24. The highest BCUT2D eigenvalue weighted by Crippen LogP contribution is 2.17. The Hall–Kier alpha value is -2.23. The van der Waals surface area contributed by atoms with Crippen LogP contribution < -0.4 is 4.90 Å². The first kappa shape index (κ1) is 12.2. The molecule has 0 fully saturated rings. The average Bonchev–Trinajstić information content (AvgIpc) is 2.38. The van der Waals surface area contributed by atoms with Crippen molar-refractivity contribution in [2.24, 2.45) is 0 Å². The number of pyridine rings is 1. The molecule has 0 unspecified atom stereocenters. The fourth-order valence-electron chi connectivity index (χ4n) is 1.73. The maximum atomic E-state index is 13.0. The summed E-state index contributed by atoms with van der Waals surface area (Å²) >= 11 is 0. The number of amides is 1. The van der Waals surface area contributed by atoms with Crippen LogP contribution in [0.3, 0.4) is 0 Å². The highest BCUT2D eigenvalue weighted by Gasteiger charge is 2.15. The second-order valence-corrected chi connectivity index (χ2v) is 4.03. The molecule has 3 nitrogen and oxygen atoms in total. The van der Waals surface area contributed by atoms with Gasteiger partial charge in [-0.25, -0.2) is 4.39 Å². The molecule has 0 N–H and O–H groups in total. The van der Waals surface area contributed by atoms with Gasteiger partial charge in [-0.2, -0.15) is 0 Å². The Bertz CT molecular complexity index is 569. The van der Waals surface area contributed by atoms with Crippen molar-refractivity contribution in [3.63, 3.8) is 0 Å². The molecule has 4 heteroatoms. The van der Waals surface area contributed by atoms with E-state index in [-0.39, 0.29) is 11.7 Å². The molecule has 0 atom stereocenters. The summed E-state index contributed by atoms with van der Waals surface area (Å²) in [5, 5.41) is 0. The van der Waals surface area contributed by atoms with Gasteiger partial charge in [0.1, 0.15) is 5.82 Å². The highest BCUT2D eigenvalue weighted by atomic mass is 19.1. The quantitative estimate of drug-likeness (QED) is 0.813. The number of nitrogens with zero attached hydrogens (tertiary/aromatic N) is 2. The highest BCUT2D eigenvalue weighted by molar-refractivity contribution is 6.06. The number of aromatic nitrogens is 1. The van der Waals surface area contributed by atoms with Crippen LogP contribution in [0.25, 0.3) is 0 Å². The van der Waals surface area contributed by atoms with Crippen molar-refractivity contribution < 1.29 is 9.18 Å². The first-order valence-electron chi connectivity index (χ1n) is 5.54. The molecule has 2 rings (SSSR count). The Morgan fingerprint density at radius 1 is 1.22 bits per heavy atom. The molecular formula is C14H13FN2O. The number of aryl methyl sites for hydroxylation is 1. The Labute approximate surface area is 105 Å². The number of rotatable bonds is 2. The fraction of sp³-hybridized carbons (Fsp3) is 0.143. The molecule has 0 saturated carbocycles. The van der Waals surface area contributed by atoms with E-state index >= 15 is 0 Å². The van der Waals surface area contributed by atoms with Crippen LogP contribution in [0.2, 0.25) is 0 Å². The summed E-state index contributed by atoms with van der Waals surface area (Å²) in [6.45, 7) is 1.72. The van der Waals surface area contributed by atoms with Crippen molar-refractivity contribution in [1.82, 2.24) is 4.98 Å². The first-order valence-corrected chi connectivity index (χ1v) is 5.54. The molecule has 0 radical (unpaired) electrons. The Morgan fingerprint density at radius 2 is 1.89 bits per heavy atom. The van der Waals surface area contributed by atoms with Gasteiger partial charge in [0.2, 0.25) is 0 Å². The van der Waals surface area contributed by atoms with Crippen molar-refractivity contribution in [3.05, 3.63) is 59.7 Å². The number of hydrogen-bond acceptors (Lipinski definition) is 2. The molecule has 0 saturated heterocycles. The number of hydrogen-bond donors (Lipinski definition) is 0. The Balaban J connectivity index is 2.32. The van der Waals surface area contributed by atoms with Crippen molar-refractivity contribution >= 4 is 11.6 Å². The van der Waals surface area contributed by atoms with Crippen LogP contribution in [-0.4, -0.2) is 17.9 Å². The maximum Gasteiger partial charge on any atom is 0.258 e. The van der Waals surface area contributed by atoms with Crippen LogP contribution in [-0.2, 0) is 0 Å². The average molecular weight is 244 g/mol. The second-order valence-electron chi connectivity index (χ2n) is 4.03. The van der Waals surface area contributed by atoms with Gasteiger partial charge in [0.25, 0.3) is 5.91 Å². The molecule has 0 aliphatic heterocycles. The standard InChI is InChI=1S/C14H13FN2O/c1-10-9-11(15)3-4-13(10)14(18)17(2)12-5-7-16-8-6-12/h3-9H,1-2H3. The van der Waals surface area contributed by atoms with Crippen molar-refractivity contribution in [2.45, 2.75) is 6.92 Å². The zero-order valence-electron chi connectivity index (χ0n) is 10.2. The van der Waals surface area contributed by atoms with Gasteiger partial charge in [-0.05, 0) is 42.8 Å². The fourth-order valence-corrected chi connectivity index (χ4v) is 1.73. The smallest absolute Gasteiger partial charge is 0.258 e. The molecule has 18 heavy (non-hydrogen) atoms. The predicted octanol–water partition coefficient (Wildman–Crippen LogP) is 2.81. The van der Waals surface area contributed by atoms with E-state index in [1.165, 1.54) is 23.1 Å². The van der Waals surface area contributed by atoms with Crippen LogP contribution >= 0.6 is 0 Å². The van der Waals surface area contributed by atoms with Gasteiger partial charge >= 0.3 is 0 Å². The number of benzene rings is 1. The van der Waals surface area contributed by atoms with E-state index in [0.717, 1.165) is 5.69 Å². The number of halogens is 1. The minimum atomic E-state index is -0.337.